The van der Waals surface area contributed by atoms with Crippen LogP contribution in [0.25, 0.3) is 0 Å². The molecule has 0 unspecified atom stereocenters. The maximum Gasteiger partial charge on any atom is 0.317 e. The van der Waals surface area contributed by atoms with Crippen LogP contribution in [-0.2, 0) is 6.54 Å². The smallest absolute Gasteiger partial charge is 0.317 e. The molecule has 2 aliphatic rings. The Hall–Kier alpha value is -2.60. The number of piperidine rings is 1. The molecule has 2 aliphatic heterocycles. The monoisotopic (exact) mass is 379 g/mol. The van der Waals surface area contributed by atoms with E-state index in [1.54, 1.807) is 6.20 Å². The number of piperazine rings is 1. The number of hydrogen-bond donors (Lipinski definition) is 1. The summed E-state index contributed by atoms with van der Waals surface area (Å²) in [5.74, 6) is 0. The van der Waals surface area contributed by atoms with Crippen LogP contribution < -0.4 is 10.2 Å². The molecular weight excluding hydrogens is 350 g/mol. The number of nitrogens with one attached hydrogen (secondary N) is 1. The fourth-order valence-electron chi connectivity index (χ4n) is 4.05. The fourth-order valence-corrected chi connectivity index (χ4v) is 4.05. The van der Waals surface area contributed by atoms with Gasteiger partial charge in [-0.1, -0.05) is 30.3 Å². The van der Waals surface area contributed by atoms with Crippen LogP contribution in [0.5, 0.6) is 0 Å². The van der Waals surface area contributed by atoms with Gasteiger partial charge in [0.05, 0.1) is 11.9 Å². The molecule has 4 rings (SSSR count). The first kappa shape index (κ1) is 18.7. The van der Waals surface area contributed by atoms with Gasteiger partial charge in [-0.3, -0.25) is 9.88 Å². The highest BCUT2D eigenvalue weighted by molar-refractivity contribution is 5.75. The Bertz CT molecular complexity index is 738. The van der Waals surface area contributed by atoms with Gasteiger partial charge in [-0.25, -0.2) is 4.79 Å². The van der Waals surface area contributed by atoms with Crippen LogP contribution in [0.2, 0.25) is 0 Å². The van der Waals surface area contributed by atoms with Gasteiger partial charge in [0.15, 0.2) is 0 Å². The van der Waals surface area contributed by atoms with Gasteiger partial charge in [-0.2, -0.15) is 0 Å². The summed E-state index contributed by atoms with van der Waals surface area (Å²) in [5.41, 5.74) is 2.49. The minimum Gasteiger partial charge on any atom is -0.367 e. The number of pyridine rings is 1. The topological polar surface area (TPSA) is 51.7 Å². The molecular formula is C22H29N5O. The van der Waals surface area contributed by atoms with E-state index in [9.17, 15) is 4.79 Å². The number of amides is 2. The van der Waals surface area contributed by atoms with Gasteiger partial charge in [-0.15, -0.1) is 0 Å². The lowest BCUT2D eigenvalue weighted by Gasteiger charge is -2.38. The van der Waals surface area contributed by atoms with Crippen LogP contribution in [0.3, 0.4) is 0 Å². The Balaban J connectivity index is 1.19. The van der Waals surface area contributed by atoms with Crippen molar-refractivity contribution in [3.8, 4) is 0 Å². The van der Waals surface area contributed by atoms with Crippen molar-refractivity contribution in [2.24, 2.45) is 0 Å². The predicted octanol–water partition coefficient (Wildman–Crippen LogP) is 2.58. The molecule has 1 aromatic carbocycles. The van der Waals surface area contributed by atoms with E-state index in [-0.39, 0.29) is 12.1 Å². The van der Waals surface area contributed by atoms with Gasteiger partial charge in [0.25, 0.3) is 0 Å². The zero-order valence-electron chi connectivity index (χ0n) is 16.3. The van der Waals surface area contributed by atoms with E-state index in [4.69, 9.17) is 0 Å². The zero-order valence-corrected chi connectivity index (χ0v) is 16.3. The van der Waals surface area contributed by atoms with E-state index in [2.05, 4.69) is 56.5 Å². The lowest BCUT2D eigenvalue weighted by Crippen LogP contribution is -2.54. The Morgan fingerprint density at radius 2 is 1.71 bits per heavy atom. The number of likely N-dealkylation sites (tertiary alicyclic amines) is 1. The highest BCUT2D eigenvalue weighted by Gasteiger charge is 2.25. The van der Waals surface area contributed by atoms with Gasteiger partial charge < -0.3 is 15.1 Å². The molecule has 2 aromatic rings. The molecule has 0 aliphatic carbocycles. The maximum atomic E-state index is 12.7. The third kappa shape index (κ3) is 4.81. The van der Waals surface area contributed by atoms with Crippen molar-refractivity contribution in [2.45, 2.75) is 25.4 Å². The van der Waals surface area contributed by atoms with Gasteiger partial charge in [0.1, 0.15) is 0 Å². The third-order valence-electron chi connectivity index (χ3n) is 5.74. The van der Waals surface area contributed by atoms with Crippen LogP contribution in [-0.4, -0.2) is 66.1 Å². The molecule has 3 heterocycles. The average Bonchev–Trinajstić information content (AvgIpc) is 2.76. The molecule has 0 radical (unpaired) electrons. The number of urea groups is 1. The summed E-state index contributed by atoms with van der Waals surface area (Å²) in [5, 5.41) is 3.26. The van der Waals surface area contributed by atoms with E-state index in [0.717, 1.165) is 64.3 Å². The number of hydrogen-bond acceptors (Lipinski definition) is 4. The van der Waals surface area contributed by atoms with Gasteiger partial charge in [0.2, 0.25) is 0 Å². The minimum absolute atomic E-state index is 0.0901. The number of aromatic nitrogens is 1. The molecule has 0 atom stereocenters. The number of nitrogens with zero attached hydrogens (tertiary/aromatic N) is 4. The van der Waals surface area contributed by atoms with Crippen LogP contribution >= 0.6 is 0 Å². The van der Waals surface area contributed by atoms with Gasteiger partial charge in [-0.05, 0) is 30.5 Å². The Morgan fingerprint density at radius 3 is 2.39 bits per heavy atom. The number of anilines is 1. The third-order valence-corrected chi connectivity index (χ3v) is 5.74. The summed E-state index contributed by atoms with van der Waals surface area (Å²) < 4.78 is 0. The minimum atomic E-state index is 0.0901. The molecule has 6 heteroatoms. The summed E-state index contributed by atoms with van der Waals surface area (Å²) in [4.78, 5) is 23.6. The number of carbonyl (C=O) groups is 1. The van der Waals surface area contributed by atoms with E-state index in [1.807, 2.05) is 17.2 Å². The van der Waals surface area contributed by atoms with E-state index in [0.29, 0.717) is 0 Å². The van der Waals surface area contributed by atoms with Crippen molar-refractivity contribution in [2.75, 3.05) is 44.2 Å². The largest absolute Gasteiger partial charge is 0.367 e. The van der Waals surface area contributed by atoms with Gasteiger partial charge in [0, 0.05) is 58.1 Å². The van der Waals surface area contributed by atoms with Crippen molar-refractivity contribution >= 4 is 11.7 Å². The van der Waals surface area contributed by atoms with Crippen LogP contribution in [0.4, 0.5) is 10.5 Å². The van der Waals surface area contributed by atoms with Crippen molar-refractivity contribution < 1.29 is 4.79 Å². The van der Waals surface area contributed by atoms with E-state index < -0.39 is 0 Å². The molecule has 1 aromatic heterocycles. The lowest BCUT2D eigenvalue weighted by atomic mass is 10.0. The molecule has 2 amide bonds. The molecule has 0 spiro atoms. The lowest BCUT2D eigenvalue weighted by molar-refractivity contribution is 0.167. The van der Waals surface area contributed by atoms with Crippen LogP contribution in [0, 0.1) is 0 Å². The van der Waals surface area contributed by atoms with Crippen molar-refractivity contribution in [3.63, 3.8) is 0 Å². The highest BCUT2D eigenvalue weighted by atomic mass is 16.2. The molecule has 0 bridgehead atoms. The summed E-state index contributed by atoms with van der Waals surface area (Å²) in [6.07, 6.45) is 5.72. The zero-order chi connectivity index (χ0) is 19.2. The highest BCUT2D eigenvalue weighted by Crippen LogP contribution is 2.16. The Morgan fingerprint density at radius 1 is 0.964 bits per heavy atom. The number of carbonyl (C=O) groups excluding carboxylic acids is 1. The first-order valence-electron chi connectivity index (χ1n) is 10.2. The second-order valence-corrected chi connectivity index (χ2v) is 7.67. The quantitative estimate of drug-likeness (QED) is 0.887. The van der Waals surface area contributed by atoms with Crippen LogP contribution in [0.15, 0.2) is 54.9 Å². The second kappa shape index (κ2) is 9.06. The molecule has 2 saturated heterocycles. The number of benzene rings is 1. The fraction of sp³-hybridized carbons (Fsp3) is 0.455. The van der Waals surface area contributed by atoms with Crippen molar-refractivity contribution in [1.29, 1.82) is 0 Å². The molecule has 6 nitrogen and oxygen atoms in total. The molecule has 1 N–H and O–H groups in total. The second-order valence-electron chi connectivity index (χ2n) is 7.67. The van der Waals surface area contributed by atoms with Crippen LogP contribution in [0.1, 0.15) is 18.4 Å². The summed E-state index contributed by atoms with van der Waals surface area (Å²) in [6, 6.07) is 15.0. The predicted molar refractivity (Wildman–Crippen MR) is 111 cm³/mol. The van der Waals surface area contributed by atoms with Crippen molar-refractivity contribution in [3.05, 3.63) is 60.4 Å². The number of rotatable bonds is 4. The standard InChI is InChI=1S/C22H29N5O/c28-22(27-15-13-26(14-16-27)21-7-4-10-23-17-21)24-20-8-11-25(12-9-20)18-19-5-2-1-3-6-19/h1-7,10,17,20H,8-9,11-16,18H2,(H,24,28). The molecule has 2 fully saturated rings. The van der Waals surface area contributed by atoms with E-state index in [1.165, 1.54) is 5.56 Å². The molecule has 148 valence electrons. The summed E-state index contributed by atoms with van der Waals surface area (Å²) >= 11 is 0. The van der Waals surface area contributed by atoms with Gasteiger partial charge >= 0.3 is 6.03 Å². The van der Waals surface area contributed by atoms with Crippen molar-refractivity contribution in [1.82, 2.24) is 20.1 Å². The van der Waals surface area contributed by atoms with E-state index >= 15 is 0 Å². The normalized spacial score (nSPS) is 18.9. The Labute approximate surface area is 167 Å². The summed E-state index contributed by atoms with van der Waals surface area (Å²) in [7, 11) is 0. The molecule has 28 heavy (non-hydrogen) atoms. The Kier molecular flexibility index (Phi) is 6.07. The molecule has 0 saturated carbocycles. The average molecular weight is 380 g/mol. The first-order chi connectivity index (χ1) is 13.8. The maximum absolute atomic E-state index is 12.7. The summed E-state index contributed by atoms with van der Waals surface area (Å²) in [6.45, 7) is 6.30. The SMILES string of the molecule is O=C(NC1CCN(Cc2ccccc2)CC1)N1CCN(c2cccnc2)CC1. The first-order valence-corrected chi connectivity index (χ1v) is 10.2.